The molecule has 0 radical (unpaired) electrons. The predicted octanol–water partition coefficient (Wildman–Crippen LogP) is 4.44. The standard InChI is InChI=1S/C22H22N2O4/c1-3-21(25)27-14-11-16-6-8-17(9-7-16)28-22-18(5-4-12-24-22)19-15-23-13-10-20(19)26-2/h4-10,12-13,15H,3,11,14H2,1-2H3. The molecule has 0 aliphatic heterocycles. The van der Waals surface area contributed by atoms with Crippen molar-refractivity contribution in [1.29, 1.82) is 0 Å². The lowest BCUT2D eigenvalue weighted by Gasteiger charge is -2.12. The van der Waals surface area contributed by atoms with Crippen LogP contribution >= 0.6 is 0 Å². The summed E-state index contributed by atoms with van der Waals surface area (Å²) in [6, 6.07) is 13.2. The summed E-state index contributed by atoms with van der Waals surface area (Å²) in [4.78, 5) is 19.7. The zero-order valence-corrected chi connectivity index (χ0v) is 15.9. The number of hydrogen-bond donors (Lipinski definition) is 0. The number of hydrogen-bond acceptors (Lipinski definition) is 6. The molecule has 2 aromatic heterocycles. The van der Waals surface area contributed by atoms with Crippen molar-refractivity contribution in [2.24, 2.45) is 0 Å². The first-order valence-corrected chi connectivity index (χ1v) is 9.07. The summed E-state index contributed by atoms with van der Waals surface area (Å²) in [5, 5.41) is 0. The van der Waals surface area contributed by atoms with Crippen molar-refractivity contribution in [1.82, 2.24) is 9.97 Å². The molecule has 0 unspecified atom stereocenters. The van der Waals surface area contributed by atoms with Crippen LogP contribution in [0.15, 0.2) is 61.1 Å². The zero-order valence-electron chi connectivity index (χ0n) is 15.9. The van der Waals surface area contributed by atoms with Gasteiger partial charge in [-0.2, -0.15) is 0 Å². The molecule has 0 atom stereocenters. The number of nitrogens with zero attached hydrogens (tertiary/aromatic N) is 2. The minimum absolute atomic E-state index is 0.187. The van der Waals surface area contributed by atoms with Crippen LogP contribution in [0.5, 0.6) is 17.4 Å². The van der Waals surface area contributed by atoms with Crippen LogP contribution in [0.1, 0.15) is 18.9 Å². The third kappa shape index (κ3) is 4.85. The van der Waals surface area contributed by atoms with Crippen LogP contribution in [0.2, 0.25) is 0 Å². The molecule has 2 heterocycles. The molecule has 0 bridgehead atoms. The molecule has 0 N–H and O–H groups in total. The summed E-state index contributed by atoms with van der Waals surface area (Å²) in [5.41, 5.74) is 2.66. The Balaban J connectivity index is 1.73. The van der Waals surface area contributed by atoms with Gasteiger partial charge in [0, 0.05) is 42.6 Å². The molecule has 0 amide bonds. The second-order valence-corrected chi connectivity index (χ2v) is 6.00. The average Bonchev–Trinajstić information content (AvgIpc) is 2.75. The molecule has 0 saturated heterocycles. The topological polar surface area (TPSA) is 70.5 Å². The Morgan fingerprint density at radius 2 is 1.86 bits per heavy atom. The van der Waals surface area contributed by atoms with Crippen LogP contribution in [0.25, 0.3) is 11.1 Å². The van der Waals surface area contributed by atoms with Crippen LogP contribution < -0.4 is 9.47 Å². The van der Waals surface area contributed by atoms with Crippen LogP contribution in [-0.2, 0) is 16.0 Å². The van der Waals surface area contributed by atoms with Crippen LogP contribution in [0.3, 0.4) is 0 Å². The van der Waals surface area contributed by atoms with Crippen molar-refractivity contribution in [3.63, 3.8) is 0 Å². The molecule has 6 nitrogen and oxygen atoms in total. The van der Waals surface area contributed by atoms with E-state index in [9.17, 15) is 4.79 Å². The second kappa shape index (κ2) is 9.50. The summed E-state index contributed by atoms with van der Waals surface area (Å²) in [7, 11) is 1.62. The van der Waals surface area contributed by atoms with Gasteiger partial charge in [0.15, 0.2) is 0 Å². The quantitative estimate of drug-likeness (QED) is 0.540. The highest BCUT2D eigenvalue weighted by molar-refractivity contribution is 5.73. The van der Waals surface area contributed by atoms with Gasteiger partial charge in [0.05, 0.1) is 13.7 Å². The third-order valence-electron chi connectivity index (χ3n) is 4.14. The molecule has 6 heteroatoms. The van der Waals surface area contributed by atoms with Gasteiger partial charge in [-0.1, -0.05) is 19.1 Å². The van der Waals surface area contributed by atoms with Gasteiger partial charge in [-0.3, -0.25) is 9.78 Å². The molecule has 0 spiro atoms. The summed E-state index contributed by atoms with van der Waals surface area (Å²) >= 11 is 0. The highest BCUT2D eigenvalue weighted by Crippen LogP contribution is 2.36. The number of methoxy groups -OCH3 is 1. The van der Waals surface area contributed by atoms with E-state index in [1.165, 1.54) is 0 Å². The lowest BCUT2D eigenvalue weighted by atomic mass is 10.1. The summed E-state index contributed by atoms with van der Waals surface area (Å²) < 4.78 is 16.5. The largest absolute Gasteiger partial charge is 0.496 e. The van der Waals surface area contributed by atoms with E-state index in [0.29, 0.717) is 36.8 Å². The number of carbonyl (C=O) groups is 1. The molecule has 0 aliphatic rings. The highest BCUT2D eigenvalue weighted by atomic mass is 16.5. The Bertz CT molecular complexity index is 926. The minimum Gasteiger partial charge on any atom is -0.496 e. The second-order valence-electron chi connectivity index (χ2n) is 6.00. The number of aromatic nitrogens is 2. The Morgan fingerprint density at radius 3 is 2.61 bits per heavy atom. The van der Waals surface area contributed by atoms with Crippen LogP contribution in [0.4, 0.5) is 0 Å². The fourth-order valence-corrected chi connectivity index (χ4v) is 2.66. The molecule has 28 heavy (non-hydrogen) atoms. The highest BCUT2D eigenvalue weighted by Gasteiger charge is 2.13. The lowest BCUT2D eigenvalue weighted by Crippen LogP contribution is -2.05. The van der Waals surface area contributed by atoms with Crippen molar-refractivity contribution in [3.8, 4) is 28.5 Å². The van der Waals surface area contributed by atoms with Gasteiger partial charge in [0.2, 0.25) is 5.88 Å². The first-order chi connectivity index (χ1) is 13.7. The number of ether oxygens (including phenoxy) is 3. The molecule has 1 aromatic carbocycles. The number of pyridine rings is 2. The Morgan fingerprint density at radius 1 is 1.04 bits per heavy atom. The van der Waals surface area contributed by atoms with E-state index in [1.54, 1.807) is 38.7 Å². The molecular formula is C22H22N2O4. The maximum absolute atomic E-state index is 11.2. The smallest absolute Gasteiger partial charge is 0.305 e. The first kappa shape index (κ1) is 19.4. The number of esters is 1. The maximum Gasteiger partial charge on any atom is 0.305 e. The predicted molar refractivity (Wildman–Crippen MR) is 105 cm³/mol. The van der Waals surface area contributed by atoms with Crippen molar-refractivity contribution in [3.05, 3.63) is 66.6 Å². The molecule has 0 fully saturated rings. The zero-order chi connectivity index (χ0) is 19.8. The molecule has 0 saturated carbocycles. The molecule has 144 valence electrons. The van der Waals surface area contributed by atoms with Crippen molar-refractivity contribution in [2.75, 3.05) is 13.7 Å². The van der Waals surface area contributed by atoms with Gasteiger partial charge in [-0.15, -0.1) is 0 Å². The molecule has 0 aliphatic carbocycles. The minimum atomic E-state index is -0.187. The fraction of sp³-hybridized carbons (Fsp3) is 0.227. The molecule has 3 aromatic rings. The van der Waals surface area contributed by atoms with Gasteiger partial charge < -0.3 is 14.2 Å². The first-order valence-electron chi connectivity index (χ1n) is 9.07. The number of benzene rings is 1. The number of carbonyl (C=O) groups excluding carboxylic acids is 1. The summed E-state index contributed by atoms with van der Waals surface area (Å²) in [6.45, 7) is 2.15. The van der Waals surface area contributed by atoms with E-state index in [0.717, 1.165) is 16.7 Å². The van der Waals surface area contributed by atoms with Gasteiger partial charge in [-0.25, -0.2) is 4.98 Å². The van der Waals surface area contributed by atoms with Crippen molar-refractivity contribution in [2.45, 2.75) is 19.8 Å². The van der Waals surface area contributed by atoms with Crippen molar-refractivity contribution >= 4 is 5.97 Å². The molecule has 3 rings (SSSR count). The number of rotatable bonds is 8. The third-order valence-corrected chi connectivity index (χ3v) is 4.14. The van der Waals surface area contributed by atoms with Crippen LogP contribution in [0, 0.1) is 0 Å². The molecular weight excluding hydrogens is 356 g/mol. The van der Waals surface area contributed by atoms with Crippen LogP contribution in [-0.4, -0.2) is 29.7 Å². The Labute approximate surface area is 164 Å². The average molecular weight is 378 g/mol. The monoisotopic (exact) mass is 378 g/mol. The van der Waals surface area contributed by atoms with Crippen molar-refractivity contribution < 1.29 is 19.0 Å². The summed E-state index contributed by atoms with van der Waals surface area (Å²) in [6.07, 6.45) is 6.13. The van der Waals surface area contributed by atoms with E-state index in [1.807, 2.05) is 36.4 Å². The Kier molecular flexibility index (Phi) is 6.57. The summed E-state index contributed by atoms with van der Waals surface area (Å²) in [5.74, 6) is 1.65. The van der Waals surface area contributed by atoms with Gasteiger partial charge in [0.25, 0.3) is 0 Å². The van der Waals surface area contributed by atoms with E-state index >= 15 is 0 Å². The lowest BCUT2D eigenvalue weighted by molar-refractivity contribution is -0.143. The van der Waals surface area contributed by atoms with E-state index < -0.39 is 0 Å². The van der Waals surface area contributed by atoms with E-state index in [2.05, 4.69) is 9.97 Å². The van der Waals surface area contributed by atoms with Gasteiger partial charge >= 0.3 is 5.97 Å². The normalized spacial score (nSPS) is 10.4. The van der Waals surface area contributed by atoms with E-state index in [4.69, 9.17) is 14.2 Å². The Hall–Kier alpha value is -3.41. The SMILES string of the molecule is CCC(=O)OCCc1ccc(Oc2ncccc2-c2cnccc2OC)cc1. The van der Waals surface area contributed by atoms with Gasteiger partial charge in [0.1, 0.15) is 11.5 Å². The maximum atomic E-state index is 11.2. The van der Waals surface area contributed by atoms with Gasteiger partial charge in [-0.05, 0) is 35.9 Å². The fourth-order valence-electron chi connectivity index (χ4n) is 2.66. The van der Waals surface area contributed by atoms with E-state index in [-0.39, 0.29) is 5.97 Å².